The molecule has 0 aromatic heterocycles. The highest BCUT2D eigenvalue weighted by Crippen LogP contribution is 2.22. The fourth-order valence-corrected chi connectivity index (χ4v) is 1.62. The van der Waals surface area contributed by atoms with Crippen LogP contribution < -0.4 is 0 Å². The molecular weight excluding hydrogens is 268 g/mol. The summed E-state index contributed by atoms with van der Waals surface area (Å²) in [4.78, 5) is 9.44. The van der Waals surface area contributed by atoms with Gasteiger partial charge in [0.25, 0.3) is 0 Å². The van der Waals surface area contributed by atoms with Gasteiger partial charge in [-0.1, -0.05) is 70.0 Å². The van der Waals surface area contributed by atoms with Gasteiger partial charge in [-0.15, -0.1) is 6.58 Å². The van der Waals surface area contributed by atoms with Gasteiger partial charge in [-0.3, -0.25) is 0 Å². The number of rotatable bonds is 3. The zero-order valence-electron chi connectivity index (χ0n) is 16.2. The Hall–Kier alpha value is -1.37. The van der Waals surface area contributed by atoms with Crippen LogP contribution in [0.1, 0.15) is 78.9 Å². The van der Waals surface area contributed by atoms with Crippen molar-refractivity contribution in [3.05, 3.63) is 47.5 Å². The predicted octanol–water partition coefficient (Wildman–Crippen LogP) is 6.71. The van der Waals surface area contributed by atoms with E-state index in [1.54, 1.807) is 0 Å². The lowest BCUT2D eigenvalue weighted by Crippen LogP contribution is -1.94. The van der Waals surface area contributed by atoms with Gasteiger partial charge >= 0.3 is 0 Å². The number of carbonyl (C=O) groups excluding carboxylic acids is 1. The fraction of sp³-hybridized carbons (Fsp3) is 0.571. The molecule has 1 atom stereocenters. The van der Waals surface area contributed by atoms with Gasteiger partial charge in [0.2, 0.25) is 0 Å². The van der Waals surface area contributed by atoms with Crippen LogP contribution in [0.3, 0.4) is 0 Å². The summed E-state index contributed by atoms with van der Waals surface area (Å²) in [5.74, 6) is 0.761. The topological polar surface area (TPSA) is 17.1 Å². The minimum Gasteiger partial charge on any atom is -0.300 e. The molecular formula is C21H36O. The van der Waals surface area contributed by atoms with Crippen molar-refractivity contribution in [3.63, 3.8) is 0 Å². The van der Waals surface area contributed by atoms with Gasteiger partial charge in [-0.05, 0) is 51.0 Å². The Balaban J connectivity index is 0. The lowest BCUT2D eigenvalue weighted by Gasteiger charge is -2.11. The zero-order valence-corrected chi connectivity index (χ0v) is 16.2. The Morgan fingerprint density at radius 2 is 1.55 bits per heavy atom. The van der Waals surface area contributed by atoms with Crippen LogP contribution >= 0.6 is 0 Å². The highest BCUT2D eigenvalue weighted by atomic mass is 16.1. The first-order chi connectivity index (χ1) is 9.82. The first-order valence-electron chi connectivity index (χ1n) is 8.01. The monoisotopic (exact) mass is 304 g/mol. The molecule has 22 heavy (non-hydrogen) atoms. The highest BCUT2D eigenvalue weighted by molar-refractivity contribution is 5.72. The van der Waals surface area contributed by atoms with Crippen molar-refractivity contribution in [3.8, 4) is 0 Å². The molecule has 0 bridgehead atoms. The maximum absolute atomic E-state index is 9.44. The molecule has 0 aliphatic carbocycles. The minimum atomic E-state index is 0.167. The maximum Gasteiger partial charge on any atom is 0.126 e. The Labute approximate surface area is 138 Å². The number of aryl methyl sites for hydroxylation is 1. The van der Waals surface area contributed by atoms with E-state index in [1.807, 2.05) is 0 Å². The van der Waals surface area contributed by atoms with Gasteiger partial charge in [0, 0.05) is 0 Å². The Bertz CT molecular complexity index is 439. The predicted molar refractivity (Wildman–Crippen MR) is 101 cm³/mol. The summed E-state index contributed by atoms with van der Waals surface area (Å²) < 4.78 is 0. The van der Waals surface area contributed by atoms with Crippen molar-refractivity contribution in [2.75, 3.05) is 0 Å². The fourth-order valence-electron chi connectivity index (χ4n) is 1.62. The molecule has 126 valence electrons. The lowest BCUT2D eigenvalue weighted by atomic mass is 9.94. The smallest absolute Gasteiger partial charge is 0.126 e. The molecule has 1 rings (SSSR count). The molecule has 1 unspecified atom stereocenters. The Morgan fingerprint density at radius 1 is 1.14 bits per heavy atom. The normalized spacial score (nSPS) is 11.3. The molecule has 1 nitrogen and oxygen atoms in total. The lowest BCUT2D eigenvalue weighted by molar-refractivity contribution is -0.114. The van der Waals surface area contributed by atoms with E-state index in [0.717, 1.165) is 6.42 Å². The van der Waals surface area contributed by atoms with E-state index in [-0.39, 0.29) is 5.78 Å². The molecule has 1 aromatic carbocycles. The van der Waals surface area contributed by atoms with Crippen molar-refractivity contribution in [2.24, 2.45) is 5.41 Å². The number of Topliss-reactive ketones (excluding diaryl/α,β-unsaturated/α-hetero) is 1. The van der Waals surface area contributed by atoms with Crippen LogP contribution in [-0.4, -0.2) is 5.78 Å². The van der Waals surface area contributed by atoms with Crippen LogP contribution in [0, 0.1) is 12.3 Å². The van der Waals surface area contributed by atoms with E-state index >= 15 is 0 Å². The summed E-state index contributed by atoms with van der Waals surface area (Å²) in [5.41, 5.74) is 4.52. The van der Waals surface area contributed by atoms with Gasteiger partial charge < -0.3 is 4.79 Å². The third-order valence-electron chi connectivity index (χ3n) is 2.27. The quantitative estimate of drug-likeness (QED) is 0.567. The van der Waals surface area contributed by atoms with E-state index < -0.39 is 0 Å². The third kappa shape index (κ3) is 20.9. The average molecular weight is 305 g/mol. The molecule has 0 heterocycles. The van der Waals surface area contributed by atoms with Crippen molar-refractivity contribution in [1.82, 2.24) is 0 Å². The molecule has 0 fully saturated rings. The second-order valence-electron chi connectivity index (χ2n) is 7.88. The van der Waals surface area contributed by atoms with Crippen LogP contribution in [-0.2, 0) is 4.79 Å². The molecule has 0 saturated carbocycles. The van der Waals surface area contributed by atoms with E-state index in [0.29, 0.717) is 11.3 Å². The molecule has 0 aliphatic rings. The summed E-state index contributed by atoms with van der Waals surface area (Å²) in [6, 6.07) is 8.71. The second-order valence-corrected chi connectivity index (χ2v) is 7.88. The van der Waals surface area contributed by atoms with Gasteiger partial charge in [0.15, 0.2) is 0 Å². The SMILES string of the molecule is C=C(C)CC(C)c1cccc(C)c1.CC(C)(C)C.CC(C)=O. The summed E-state index contributed by atoms with van der Waals surface area (Å²) in [5, 5.41) is 0. The summed E-state index contributed by atoms with van der Waals surface area (Å²) >= 11 is 0. The molecule has 1 heteroatoms. The van der Waals surface area contributed by atoms with Crippen LogP contribution in [0.4, 0.5) is 0 Å². The number of carbonyl (C=O) groups is 1. The minimum absolute atomic E-state index is 0.167. The first kappa shape index (κ1) is 22.9. The van der Waals surface area contributed by atoms with Crippen molar-refractivity contribution >= 4 is 5.78 Å². The number of hydrogen-bond acceptors (Lipinski definition) is 1. The number of ketones is 1. The van der Waals surface area contributed by atoms with Crippen molar-refractivity contribution in [1.29, 1.82) is 0 Å². The Kier molecular flexibility index (Phi) is 11.7. The third-order valence-corrected chi connectivity index (χ3v) is 2.27. The van der Waals surface area contributed by atoms with Crippen LogP contribution in [0.2, 0.25) is 0 Å². The Morgan fingerprint density at radius 3 is 1.86 bits per heavy atom. The van der Waals surface area contributed by atoms with Gasteiger partial charge in [-0.25, -0.2) is 0 Å². The molecule has 0 aliphatic heterocycles. The molecule has 0 radical (unpaired) electrons. The second kappa shape index (κ2) is 11.2. The van der Waals surface area contributed by atoms with E-state index in [1.165, 1.54) is 30.5 Å². The summed E-state index contributed by atoms with van der Waals surface area (Å²) in [7, 11) is 0. The average Bonchev–Trinajstić information content (AvgIpc) is 2.24. The van der Waals surface area contributed by atoms with Crippen molar-refractivity contribution < 1.29 is 4.79 Å². The number of hydrogen-bond donors (Lipinski definition) is 0. The molecule has 0 N–H and O–H groups in total. The molecule has 1 aromatic rings. The van der Waals surface area contributed by atoms with Gasteiger partial charge in [0.05, 0.1) is 0 Å². The first-order valence-corrected chi connectivity index (χ1v) is 8.01. The van der Waals surface area contributed by atoms with Crippen LogP contribution in [0.5, 0.6) is 0 Å². The van der Waals surface area contributed by atoms with Gasteiger partial charge in [-0.2, -0.15) is 0 Å². The molecule has 0 saturated heterocycles. The highest BCUT2D eigenvalue weighted by Gasteiger charge is 2.04. The van der Waals surface area contributed by atoms with Crippen molar-refractivity contribution in [2.45, 2.75) is 74.7 Å². The maximum atomic E-state index is 9.44. The standard InChI is InChI=1S/C13H18.C5H12.C3H6O/c1-10(2)8-12(4)13-7-5-6-11(3)9-13;1-5(2,3)4;1-3(2)4/h5-7,9,12H,1,8H2,2-4H3;1-4H3;1-2H3. The zero-order chi connectivity index (χ0) is 17.9. The number of benzene rings is 1. The number of allylic oxidation sites excluding steroid dienone is 1. The summed E-state index contributed by atoms with van der Waals surface area (Å²) in [6.07, 6.45) is 1.09. The van der Waals surface area contributed by atoms with Gasteiger partial charge in [0.1, 0.15) is 5.78 Å². The molecule has 0 amide bonds. The molecule has 0 spiro atoms. The van der Waals surface area contributed by atoms with E-state index in [2.05, 4.69) is 79.3 Å². The van der Waals surface area contributed by atoms with E-state index in [4.69, 9.17) is 0 Å². The van der Waals surface area contributed by atoms with Crippen LogP contribution in [0.15, 0.2) is 36.4 Å². The van der Waals surface area contributed by atoms with E-state index in [9.17, 15) is 4.79 Å². The largest absolute Gasteiger partial charge is 0.300 e. The summed E-state index contributed by atoms with van der Waals surface area (Å²) in [6.45, 7) is 22.2. The van der Waals surface area contributed by atoms with Crippen LogP contribution in [0.25, 0.3) is 0 Å².